The third-order valence-electron chi connectivity index (χ3n) is 5.08. The maximum atomic E-state index is 12.2. The standard InChI is InChI=1S/C17H22N2O/c1-12-6-8-13(9-7-12)11-18-19-16(20)15-14-5-3-4-10-17(14,15)2/h6-9,11,14-15H,3-5,10H2,1-2H3,(H,19,20)/b18-11-/t14-,15-,17+/m1/s1. The van der Waals surface area contributed by atoms with Gasteiger partial charge in [0.15, 0.2) is 0 Å². The average Bonchev–Trinajstić information content (AvgIpc) is 3.06. The van der Waals surface area contributed by atoms with Crippen molar-refractivity contribution in [3.63, 3.8) is 0 Å². The van der Waals surface area contributed by atoms with E-state index in [1.807, 2.05) is 24.3 Å². The van der Waals surface area contributed by atoms with Crippen LogP contribution in [0.4, 0.5) is 0 Å². The number of hydrazone groups is 1. The smallest absolute Gasteiger partial charge is 0.244 e. The summed E-state index contributed by atoms with van der Waals surface area (Å²) in [6.07, 6.45) is 6.65. The molecular weight excluding hydrogens is 248 g/mol. The van der Waals surface area contributed by atoms with Crippen molar-refractivity contribution in [3.8, 4) is 0 Å². The molecule has 0 heterocycles. The molecule has 0 bridgehead atoms. The first-order valence-corrected chi connectivity index (χ1v) is 7.51. The van der Waals surface area contributed by atoms with E-state index >= 15 is 0 Å². The summed E-state index contributed by atoms with van der Waals surface area (Å²) in [6, 6.07) is 8.09. The van der Waals surface area contributed by atoms with Crippen LogP contribution in [0.3, 0.4) is 0 Å². The number of carbonyl (C=O) groups excluding carboxylic acids is 1. The first kappa shape index (κ1) is 13.3. The van der Waals surface area contributed by atoms with Crippen molar-refractivity contribution in [1.82, 2.24) is 5.43 Å². The van der Waals surface area contributed by atoms with E-state index < -0.39 is 0 Å². The summed E-state index contributed by atoms with van der Waals surface area (Å²) in [5.74, 6) is 0.869. The molecule has 0 unspecified atom stereocenters. The Bertz CT molecular complexity index is 534. The fourth-order valence-corrected chi connectivity index (χ4v) is 3.74. The minimum Gasteiger partial charge on any atom is -0.273 e. The van der Waals surface area contributed by atoms with Crippen LogP contribution in [0.15, 0.2) is 29.4 Å². The molecule has 1 aromatic carbocycles. The highest BCUT2D eigenvalue weighted by Gasteiger charge is 2.64. The van der Waals surface area contributed by atoms with E-state index in [-0.39, 0.29) is 17.2 Å². The molecule has 20 heavy (non-hydrogen) atoms. The summed E-state index contributed by atoms with van der Waals surface area (Å²) in [6.45, 7) is 4.31. The Kier molecular flexibility index (Phi) is 3.36. The zero-order chi connectivity index (χ0) is 14.2. The van der Waals surface area contributed by atoms with Gasteiger partial charge in [0, 0.05) is 5.92 Å². The van der Waals surface area contributed by atoms with Crippen molar-refractivity contribution >= 4 is 12.1 Å². The maximum absolute atomic E-state index is 12.2. The highest BCUT2D eigenvalue weighted by Crippen LogP contribution is 2.66. The van der Waals surface area contributed by atoms with Crippen LogP contribution in [-0.2, 0) is 4.79 Å². The van der Waals surface area contributed by atoms with Crippen molar-refractivity contribution in [3.05, 3.63) is 35.4 Å². The molecule has 2 saturated carbocycles. The summed E-state index contributed by atoms with van der Waals surface area (Å²) in [5.41, 5.74) is 5.20. The van der Waals surface area contributed by atoms with Crippen LogP contribution >= 0.6 is 0 Å². The van der Waals surface area contributed by atoms with Gasteiger partial charge in [-0.15, -0.1) is 0 Å². The number of fused-ring (bicyclic) bond motifs is 1. The molecule has 3 nitrogen and oxygen atoms in total. The number of aryl methyl sites for hydroxylation is 1. The molecule has 0 aromatic heterocycles. The lowest BCUT2D eigenvalue weighted by Crippen LogP contribution is -2.22. The topological polar surface area (TPSA) is 41.5 Å². The summed E-state index contributed by atoms with van der Waals surface area (Å²) in [7, 11) is 0. The van der Waals surface area contributed by atoms with E-state index in [2.05, 4.69) is 24.4 Å². The SMILES string of the molecule is Cc1ccc(/C=N\NC(=O)[C@H]2[C@H]3CCCC[C@@]32C)cc1. The molecule has 0 aliphatic heterocycles. The highest BCUT2D eigenvalue weighted by atomic mass is 16.2. The van der Waals surface area contributed by atoms with Gasteiger partial charge in [0.05, 0.1) is 6.21 Å². The summed E-state index contributed by atoms with van der Waals surface area (Å²) in [4.78, 5) is 12.2. The minimum atomic E-state index is 0.0998. The average molecular weight is 270 g/mol. The van der Waals surface area contributed by atoms with E-state index in [1.165, 1.54) is 31.2 Å². The molecule has 3 heteroatoms. The van der Waals surface area contributed by atoms with Crippen molar-refractivity contribution in [1.29, 1.82) is 0 Å². The van der Waals surface area contributed by atoms with Gasteiger partial charge in [0.2, 0.25) is 5.91 Å². The number of hydrogen-bond acceptors (Lipinski definition) is 2. The first-order chi connectivity index (χ1) is 9.61. The molecular formula is C17H22N2O. The number of amides is 1. The zero-order valence-corrected chi connectivity index (χ0v) is 12.2. The van der Waals surface area contributed by atoms with Gasteiger partial charge in [-0.3, -0.25) is 4.79 Å². The number of nitrogens with zero attached hydrogens (tertiary/aromatic N) is 1. The molecule has 2 aliphatic rings. The third kappa shape index (κ3) is 2.37. The quantitative estimate of drug-likeness (QED) is 0.664. The van der Waals surface area contributed by atoms with Gasteiger partial charge in [0.25, 0.3) is 0 Å². The van der Waals surface area contributed by atoms with Gasteiger partial charge in [-0.1, -0.05) is 49.6 Å². The molecule has 1 aromatic rings. The lowest BCUT2D eigenvalue weighted by atomic mass is 9.90. The van der Waals surface area contributed by atoms with E-state index in [0.717, 1.165) is 5.56 Å². The predicted octanol–water partition coefficient (Wildman–Crippen LogP) is 3.27. The largest absolute Gasteiger partial charge is 0.273 e. The Morgan fingerprint density at radius 2 is 2.10 bits per heavy atom. The van der Waals surface area contributed by atoms with E-state index in [0.29, 0.717) is 5.92 Å². The molecule has 0 spiro atoms. The second-order valence-corrected chi connectivity index (χ2v) is 6.48. The van der Waals surface area contributed by atoms with Crippen molar-refractivity contribution in [2.45, 2.75) is 39.5 Å². The van der Waals surface area contributed by atoms with Crippen molar-refractivity contribution < 1.29 is 4.79 Å². The van der Waals surface area contributed by atoms with Crippen molar-refractivity contribution in [2.24, 2.45) is 22.4 Å². The summed E-state index contributed by atoms with van der Waals surface area (Å²) in [5, 5.41) is 4.10. The van der Waals surface area contributed by atoms with Crippen LogP contribution in [0, 0.1) is 24.2 Å². The molecule has 106 valence electrons. The number of nitrogens with one attached hydrogen (secondary N) is 1. The number of benzene rings is 1. The van der Waals surface area contributed by atoms with Crippen LogP contribution < -0.4 is 5.43 Å². The molecule has 0 radical (unpaired) electrons. The summed E-state index contributed by atoms with van der Waals surface area (Å²) >= 11 is 0. The predicted molar refractivity (Wildman–Crippen MR) is 80.5 cm³/mol. The molecule has 2 aliphatic carbocycles. The molecule has 1 amide bonds. The highest BCUT2D eigenvalue weighted by molar-refractivity contribution is 5.85. The Labute approximate surface area is 120 Å². The van der Waals surface area contributed by atoms with Gasteiger partial charge in [-0.05, 0) is 36.7 Å². The Hall–Kier alpha value is -1.64. The number of rotatable bonds is 3. The maximum Gasteiger partial charge on any atom is 0.244 e. The Balaban J connectivity index is 1.56. The van der Waals surface area contributed by atoms with Crippen LogP contribution in [0.25, 0.3) is 0 Å². The van der Waals surface area contributed by atoms with Gasteiger partial charge < -0.3 is 0 Å². The first-order valence-electron chi connectivity index (χ1n) is 7.51. The third-order valence-corrected chi connectivity index (χ3v) is 5.08. The van der Waals surface area contributed by atoms with Gasteiger partial charge in [-0.25, -0.2) is 5.43 Å². The van der Waals surface area contributed by atoms with E-state index in [9.17, 15) is 4.79 Å². The van der Waals surface area contributed by atoms with Gasteiger partial charge >= 0.3 is 0 Å². The van der Waals surface area contributed by atoms with Crippen molar-refractivity contribution in [2.75, 3.05) is 0 Å². The Morgan fingerprint density at radius 1 is 1.35 bits per heavy atom. The van der Waals surface area contributed by atoms with Crippen LogP contribution in [0.5, 0.6) is 0 Å². The second kappa shape index (κ2) is 5.04. The fraction of sp³-hybridized carbons (Fsp3) is 0.529. The second-order valence-electron chi connectivity index (χ2n) is 6.48. The van der Waals surface area contributed by atoms with E-state index in [1.54, 1.807) is 6.21 Å². The molecule has 0 saturated heterocycles. The van der Waals surface area contributed by atoms with E-state index in [4.69, 9.17) is 0 Å². The fourth-order valence-electron chi connectivity index (χ4n) is 3.74. The molecule has 3 rings (SSSR count). The number of carbonyl (C=O) groups is 1. The van der Waals surface area contributed by atoms with Crippen LogP contribution in [0.1, 0.15) is 43.7 Å². The molecule has 3 atom stereocenters. The monoisotopic (exact) mass is 270 g/mol. The van der Waals surface area contributed by atoms with Crippen LogP contribution in [0.2, 0.25) is 0 Å². The number of hydrogen-bond donors (Lipinski definition) is 1. The minimum absolute atomic E-state index is 0.0998. The molecule has 1 N–H and O–H groups in total. The molecule has 2 fully saturated rings. The van der Waals surface area contributed by atoms with Gasteiger partial charge in [-0.2, -0.15) is 5.10 Å². The summed E-state index contributed by atoms with van der Waals surface area (Å²) < 4.78 is 0. The van der Waals surface area contributed by atoms with Crippen LogP contribution in [-0.4, -0.2) is 12.1 Å². The lowest BCUT2D eigenvalue weighted by molar-refractivity contribution is -0.123. The lowest BCUT2D eigenvalue weighted by Gasteiger charge is -2.15. The van der Waals surface area contributed by atoms with Gasteiger partial charge in [0.1, 0.15) is 0 Å². The Morgan fingerprint density at radius 3 is 2.75 bits per heavy atom. The zero-order valence-electron chi connectivity index (χ0n) is 12.2. The normalized spacial score (nSPS) is 31.9.